The van der Waals surface area contributed by atoms with Gasteiger partial charge in [0, 0.05) is 12.8 Å². The number of esters is 1. The summed E-state index contributed by atoms with van der Waals surface area (Å²) in [6.45, 7) is 6.73. The molecular weight excluding hydrogens is 1140 g/mol. The number of rotatable bonds is 69. The first-order valence-corrected chi connectivity index (χ1v) is 39.7. The summed E-state index contributed by atoms with van der Waals surface area (Å²) >= 11 is 0. The average molecular weight is 1290 g/mol. The van der Waals surface area contributed by atoms with E-state index in [0.29, 0.717) is 17.4 Å². The largest absolute Gasteiger partial charge is 0.756 e. The summed E-state index contributed by atoms with van der Waals surface area (Å²) in [4.78, 5) is 40.3. The van der Waals surface area contributed by atoms with Crippen LogP contribution in [-0.4, -0.2) is 69.4 Å². The van der Waals surface area contributed by atoms with Gasteiger partial charge in [0.1, 0.15) is 19.3 Å². The van der Waals surface area contributed by atoms with Crippen LogP contribution in [0.5, 0.6) is 0 Å². The standard InChI is InChI=1S/C81H145N2O7P/c1-7-10-13-16-19-22-25-28-30-32-34-36-38-40-41-43-45-47-49-51-53-56-59-62-65-68-71-74-81(85)90-79(72-69-66-63-60-57-54-27-24-21-18-15-12-9-3)78(77-89-91(86,87)88-76-75-83(4,5)6)82-80(84)73-70-67-64-61-58-55-52-50-48-46-44-42-39-37-35-33-31-29-26-23-20-17-14-11-8-2/h10,13,19-20,22-23,28-31,34,36,40-41,45,47,69,72,78-79H,7-9,11-12,14-18,21,24-27,32-33,35,37-39,42-44,46,48-68,70-71,73-77H2,1-6H3,(H-,82,84,86,87)/b13-10-,22-19-,23-20-,30-28-,31-29-,36-34-,41-40-,47-45-,72-69+. The Morgan fingerprint density at radius 2 is 0.703 bits per heavy atom. The van der Waals surface area contributed by atoms with Gasteiger partial charge in [-0.3, -0.25) is 14.2 Å². The highest BCUT2D eigenvalue weighted by Crippen LogP contribution is 2.38. The Hall–Kier alpha value is -3.33. The normalized spacial score (nSPS) is 14.1. The van der Waals surface area contributed by atoms with Crippen molar-refractivity contribution in [3.05, 3.63) is 109 Å². The van der Waals surface area contributed by atoms with E-state index in [0.717, 1.165) is 116 Å². The zero-order valence-corrected chi connectivity index (χ0v) is 61.2. The molecule has 0 aliphatic carbocycles. The molecule has 9 nitrogen and oxygen atoms in total. The van der Waals surface area contributed by atoms with E-state index in [4.69, 9.17) is 13.8 Å². The average Bonchev–Trinajstić information content (AvgIpc) is 3.73. The van der Waals surface area contributed by atoms with E-state index < -0.39 is 26.6 Å². The van der Waals surface area contributed by atoms with Crippen LogP contribution in [0.3, 0.4) is 0 Å². The van der Waals surface area contributed by atoms with E-state index in [1.807, 2.05) is 33.3 Å². The van der Waals surface area contributed by atoms with Crippen molar-refractivity contribution in [2.45, 2.75) is 354 Å². The lowest BCUT2D eigenvalue weighted by molar-refractivity contribution is -0.870. The van der Waals surface area contributed by atoms with E-state index in [9.17, 15) is 19.0 Å². The fraction of sp³-hybridized carbons (Fsp3) is 0.753. The number of quaternary nitrogens is 1. The molecule has 0 saturated carbocycles. The van der Waals surface area contributed by atoms with Crippen LogP contribution in [0.15, 0.2) is 109 Å². The highest BCUT2D eigenvalue weighted by atomic mass is 31.2. The number of amides is 1. The monoisotopic (exact) mass is 1290 g/mol. The molecule has 0 bridgehead atoms. The second kappa shape index (κ2) is 69.5. The molecule has 0 aromatic rings. The van der Waals surface area contributed by atoms with Crippen LogP contribution in [0.4, 0.5) is 0 Å². The van der Waals surface area contributed by atoms with Crippen molar-refractivity contribution in [1.82, 2.24) is 5.32 Å². The number of nitrogens with one attached hydrogen (secondary N) is 1. The number of ether oxygens (including phenoxy) is 1. The molecule has 0 saturated heterocycles. The molecule has 0 spiro atoms. The van der Waals surface area contributed by atoms with E-state index in [1.165, 1.54) is 193 Å². The Kier molecular flexibility index (Phi) is 67.0. The predicted molar refractivity (Wildman–Crippen MR) is 394 cm³/mol. The van der Waals surface area contributed by atoms with Crippen LogP contribution >= 0.6 is 7.82 Å². The van der Waals surface area contributed by atoms with Crippen LogP contribution in [0.2, 0.25) is 0 Å². The molecule has 1 N–H and O–H groups in total. The first-order chi connectivity index (χ1) is 44.4. The number of likely N-dealkylation sites (N-methyl/N-ethyl adjacent to an activating group) is 1. The summed E-state index contributed by atoms with van der Waals surface area (Å²) in [6.07, 6.45) is 96.4. The van der Waals surface area contributed by atoms with Crippen molar-refractivity contribution >= 4 is 19.7 Å². The summed E-state index contributed by atoms with van der Waals surface area (Å²) in [5.74, 6) is -0.544. The summed E-state index contributed by atoms with van der Waals surface area (Å²) in [6, 6.07) is -0.899. The third-order valence-electron chi connectivity index (χ3n) is 16.7. The van der Waals surface area contributed by atoms with Crippen molar-refractivity contribution in [1.29, 1.82) is 0 Å². The Labute approximate surface area is 563 Å². The Morgan fingerprint density at radius 3 is 1.08 bits per heavy atom. The maximum Gasteiger partial charge on any atom is 0.306 e. The number of hydrogen-bond donors (Lipinski definition) is 1. The first-order valence-electron chi connectivity index (χ1n) is 38.2. The number of carbonyl (C=O) groups excluding carboxylic acids is 2. The number of phosphoric acid groups is 1. The lowest BCUT2D eigenvalue weighted by Crippen LogP contribution is -2.47. The quantitative estimate of drug-likeness (QED) is 0.0212. The minimum Gasteiger partial charge on any atom is -0.756 e. The third-order valence-corrected chi connectivity index (χ3v) is 17.7. The molecule has 1 amide bonds. The third kappa shape index (κ3) is 70.8. The maximum atomic E-state index is 13.6. The van der Waals surface area contributed by atoms with Gasteiger partial charge in [0.05, 0.1) is 33.8 Å². The van der Waals surface area contributed by atoms with E-state index in [1.54, 1.807) is 0 Å². The fourth-order valence-corrected chi connectivity index (χ4v) is 11.6. The summed E-state index contributed by atoms with van der Waals surface area (Å²) in [7, 11) is 1.18. The summed E-state index contributed by atoms with van der Waals surface area (Å²) in [5.41, 5.74) is 0. The van der Waals surface area contributed by atoms with Gasteiger partial charge in [0.15, 0.2) is 0 Å². The molecule has 526 valence electrons. The smallest absolute Gasteiger partial charge is 0.306 e. The molecule has 91 heavy (non-hydrogen) atoms. The van der Waals surface area contributed by atoms with Gasteiger partial charge in [-0.25, -0.2) is 0 Å². The summed E-state index contributed by atoms with van der Waals surface area (Å²) < 4.78 is 30.5. The molecule has 0 aromatic carbocycles. The second-order valence-electron chi connectivity index (χ2n) is 26.8. The van der Waals surface area contributed by atoms with Crippen molar-refractivity contribution in [3.8, 4) is 0 Å². The van der Waals surface area contributed by atoms with E-state index >= 15 is 0 Å². The number of unbranched alkanes of at least 4 members (excludes halogenated alkanes) is 37. The molecule has 3 atom stereocenters. The van der Waals surface area contributed by atoms with Crippen molar-refractivity contribution < 1.29 is 37.3 Å². The molecule has 0 aliphatic rings. The van der Waals surface area contributed by atoms with Crippen molar-refractivity contribution in [2.24, 2.45) is 0 Å². The maximum absolute atomic E-state index is 13.6. The van der Waals surface area contributed by atoms with Gasteiger partial charge in [-0.1, -0.05) is 323 Å². The highest BCUT2D eigenvalue weighted by Gasteiger charge is 2.27. The van der Waals surface area contributed by atoms with Crippen molar-refractivity contribution in [3.63, 3.8) is 0 Å². The number of carbonyl (C=O) groups is 2. The zero-order chi connectivity index (χ0) is 66.3. The van der Waals surface area contributed by atoms with Gasteiger partial charge in [0.25, 0.3) is 7.82 Å². The van der Waals surface area contributed by atoms with Crippen LogP contribution in [-0.2, 0) is 27.9 Å². The fourth-order valence-electron chi connectivity index (χ4n) is 10.9. The molecule has 0 radical (unpaired) electrons. The number of allylic oxidation sites excluding steroid dienone is 17. The van der Waals surface area contributed by atoms with Gasteiger partial charge in [-0.2, -0.15) is 0 Å². The van der Waals surface area contributed by atoms with Crippen LogP contribution < -0.4 is 10.2 Å². The summed E-state index contributed by atoms with van der Waals surface area (Å²) in [5, 5.41) is 3.05. The van der Waals surface area contributed by atoms with Crippen LogP contribution in [0.1, 0.15) is 342 Å². The van der Waals surface area contributed by atoms with Gasteiger partial charge in [0.2, 0.25) is 5.91 Å². The molecule has 3 unspecified atom stereocenters. The number of phosphoric ester groups is 1. The first kappa shape index (κ1) is 87.7. The minimum atomic E-state index is -4.72. The lowest BCUT2D eigenvalue weighted by Gasteiger charge is -2.30. The van der Waals surface area contributed by atoms with Gasteiger partial charge in [-0.15, -0.1) is 0 Å². The molecule has 0 rings (SSSR count). The van der Waals surface area contributed by atoms with Gasteiger partial charge >= 0.3 is 5.97 Å². The number of nitrogens with zero attached hydrogens (tertiary/aromatic N) is 1. The topological polar surface area (TPSA) is 114 Å². The Morgan fingerprint density at radius 1 is 0.396 bits per heavy atom. The molecule has 0 fully saturated rings. The van der Waals surface area contributed by atoms with Crippen LogP contribution in [0, 0.1) is 0 Å². The molecule has 0 heterocycles. The minimum absolute atomic E-state index is 0.0271. The van der Waals surface area contributed by atoms with Crippen molar-refractivity contribution in [2.75, 3.05) is 40.9 Å². The van der Waals surface area contributed by atoms with E-state index in [2.05, 4.69) is 123 Å². The molecule has 0 aliphatic heterocycles. The molecule has 0 aromatic heterocycles. The number of hydrogen-bond acceptors (Lipinski definition) is 7. The van der Waals surface area contributed by atoms with Gasteiger partial charge in [-0.05, 0) is 115 Å². The highest BCUT2D eigenvalue weighted by molar-refractivity contribution is 7.45. The molecular formula is C81H145N2O7P. The Bertz CT molecular complexity index is 1930. The lowest BCUT2D eigenvalue weighted by atomic mass is 10.0. The van der Waals surface area contributed by atoms with E-state index in [-0.39, 0.29) is 24.9 Å². The Balaban J connectivity index is 5.05. The zero-order valence-electron chi connectivity index (χ0n) is 60.3. The second-order valence-corrected chi connectivity index (χ2v) is 28.2. The molecule has 10 heteroatoms. The van der Waals surface area contributed by atoms with Gasteiger partial charge < -0.3 is 28.5 Å². The predicted octanol–water partition coefficient (Wildman–Crippen LogP) is 24.2. The van der Waals surface area contributed by atoms with Crippen LogP contribution in [0.25, 0.3) is 0 Å². The SMILES string of the molecule is CC/C=C\C/C=C\C/C=C\C/C=C\C/C=C\C/C=C\CCCCCCCCCCC(=O)OC(/C=C/CCCCCCCCCCCCC)C(COP(=O)([O-])OCC[N+](C)(C)C)NC(=O)CCCCCCCCCCCCCCCCC/C=C\C/C=C\CCCCC.